The summed E-state index contributed by atoms with van der Waals surface area (Å²) in [4.78, 5) is 4.49. The average Bonchev–Trinajstić information content (AvgIpc) is 2.81. The normalized spacial score (nSPS) is 11.1. The minimum Gasteiger partial charge on any atom is -0.328 e. The first kappa shape index (κ1) is 12.6. The molecular formula is C14H17IN2. The van der Waals surface area contributed by atoms with Crippen molar-refractivity contribution in [2.24, 2.45) is 0 Å². The van der Waals surface area contributed by atoms with Crippen LogP contribution in [0.25, 0.3) is 11.4 Å². The molecule has 2 nitrogen and oxygen atoms in total. The van der Waals surface area contributed by atoms with Crippen LogP contribution in [-0.4, -0.2) is 9.55 Å². The van der Waals surface area contributed by atoms with Gasteiger partial charge in [0.05, 0.1) is 0 Å². The SMILES string of the molecule is CCC(CC)n1ccnc1-c1ccc(I)cc1. The van der Waals surface area contributed by atoms with Gasteiger partial charge < -0.3 is 4.57 Å². The summed E-state index contributed by atoms with van der Waals surface area (Å²) in [7, 11) is 0. The summed E-state index contributed by atoms with van der Waals surface area (Å²) in [6.45, 7) is 4.46. The molecule has 1 aromatic carbocycles. The highest BCUT2D eigenvalue weighted by molar-refractivity contribution is 14.1. The van der Waals surface area contributed by atoms with E-state index in [-0.39, 0.29) is 0 Å². The van der Waals surface area contributed by atoms with Crippen LogP contribution in [0.1, 0.15) is 32.7 Å². The molecule has 0 aliphatic heterocycles. The van der Waals surface area contributed by atoms with Crippen LogP contribution in [0.2, 0.25) is 0 Å². The summed E-state index contributed by atoms with van der Waals surface area (Å²) in [6, 6.07) is 9.09. The minimum absolute atomic E-state index is 0.548. The first-order valence-corrected chi connectivity index (χ1v) is 7.12. The molecule has 0 bridgehead atoms. The van der Waals surface area contributed by atoms with Gasteiger partial charge in [0.15, 0.2) is 0 Å². The molecule has 2 aromatic rings. The lowest BCUT2D eigenvalue weighted by molar-refractivity contribution is 0.476. The van der Waals surface area contributed by atoms with Crippen LogP contribution in [0.5, 0.6) is 0 Å². The summed E-state index contributed by atoms with van der Waals surface area (Å²) in [5.41, 5.74) is 1.20. The molecule has 0 saturated heterocycles. The zero-order valence-corrected chi connectivity index (χ0v) is 12.4. The maximum absolute atomic E-state index is 4.49. The minimum atomic E-state index is 0.548. The number of rotatable bonds is 4. The first-order chi connectivity index (χ1) is 8.26. The van der Waals surface area contributed by atoms with Gasteiger partial charge in [-0.2, -0.15) is 0 Å². The molecule has 0 amide bonds. The highest BCUT2D eigenvalue weighted by atomic mass is 127. The zero-order chi connectivity index (χ0) is 12.3. The number of imidazole rings is 1. The Hall–Kier alpha value is -0.840. The molecule has 0 fully saturated rings. The lowest BCUT2D eigenvalue weighted by Crippen LogP contribution is -2.07. The molecule has 1 heterocycles. The van der Waals surface area contributed by atoms with E-state index in [2.05, 4.69) is 76.5 Å². The standard InChI is InChI=1S/C14H17IN2/c1-3-13(4-2)17-10-9-16-14(17)11-5-7-12(15)8-6-11/h5-10,13H,3-4H2,1-2H3. The van der Waals surface area contributed by atoms with Crippen molar-refractivity contribution >= 4 is 22.6 Å². The predicted octanol–water partition coefficient (Wildman–Crippen LogP) is 4.52. The van der Waals surface area contributed by atoms with Crippen molar-refractivity contribution in [1.29, 1.82) is 0 Å². The highest BCUT2D eigenvalue weighted by Gasteiger charge is 2.12. The lowest BCUT2D eigenvalue weighted by atomic mass is 10.1. The van der Waals surface area contributed by atoms with Crippen molar-refractivity contribution in [3.05, 3.63) is 40.2 Å². The fraction of sp³-hybridized carbons (Fsp3) is 0.357. The van der Waals surface area contributed by atoms with E-state index in [4.69, 9.17) is 0 Å². The van der Waals surface area contributed by atoms with Gasteiger partial charge in [-0.05, 0) is 47.6 Å². The van der Waals surface area contributed by atoms with E-state index < -0.39 is 0 Å². The number of nitrogens with zero attached hydrogens (tertiary/aromatic N) is 2. The number of hydrogen-bond donors (Lipinski definition) is 0. The number of hydrogen-bond acceptors (Lipinski definition) is 1. The van der Waals surface area contributed by atoms with Crippen molar-refractivity contribution in [3.8, 4) is 11.4 Å². The summed E-state index contributed by atoms with van der Waals surface area (Å²) >= 11 is 2.32. The number of aromatic nitrogens is 2. The summed E-state index contributed by atoms with van der Waals surface area (Å²) in [5.74, 6) is 1.08. The van der Waals surface area contributed by atoms with Gasteiger partial charge in [-0.3, -0.25) is 0 Å². The Labute approximate surface area is 116 Å². The van der Waals surface area contributed by atoms with Crippen LogP contribution in [0.4, 0.5) is 0 Å². The molecule has 0 aliphatic rings. The van der Waals surface area contributed by atoms with Crippen LogP contribution in [-0.2, 0) is 0 Å². The van der Waals surface area contributed by atoms with E-state index in [1.165, 1.54) is 9.13 Å². The Morgan fingerprint density at radius 1 is 1.18 bits per heavy atom. The summed E-state index contributed by atoms with van der Waals surface area (Å²) in [6.07, 6.45) is 6.27. The van der Waals surface area contributed by atoms with E-state index in [1.54, 1.807) is 0 Å². The molecule has 0 radical (unpaired) electrons. The molecule has 1 aromatic heterocycles. The fourth-order valence-electron chi connectivity index (χ4n) is 2.11. The van der Waals surface area contributed by atoms with E-state index in [9.17, 15) is 0 Å². The first-order valence-electron chi connectivity index (χ1n) is 6.05. The van der Waals surface area contributed by atoms with Gasteiger partial charge in [0, 0.05) is 27.6 Å². The maximum Gasteiger partial charge on any atom is 0.140 e. The predicted molar refractivity (Wildman–Crippen MR) is 80.0 cm³/mol. The van der Waals surface area contributed by atoms with Gasteiger partial charge in [-0.25, -0.2) is 4.98 Å². The van der Waals surface area contributed by atoms with Crippen LogP contribution >= 0.6 is 22.6 Å². The third kappa shape index (κ3) is 2.70. The largest absolute Gasteiger partial charge is 0.328 e. The number of halogens is 1. The van der Waals surface area contributed by atoms with Crippen molar-refractivity contribution in [1.82, 2.24) is 9.55 Å². The van der Waals surface area contributed by atoms with Crippen molar-refractivity contribution in [3.63, 3.8) is 0 Å². The molecule has 0 aliphatic carbocycles. The molecule has 17 heavy (non-hydrogen) atoms. The summed E-state index contributed by atoms with van der Waals surface area (Å²) < 4.78 is 3.55. The Balaban J connectivity index is 2.39. The second-order valence-corrected chi connectivity index (χ2v) is 5.38. The fourth-order valence-corrected chi connectivity index (χ4v) is 2.47. The van der Waals surface area contributed by atoms with Crippen molar-refractivity contribution in [2.75, 3.05) is 0 Å². The number of benzene rings is 1. The molecule has 0 spiro atoms. The maximum atomic E-state index is 4.49. The highest BCUT2D eigenvalue weighted by Crippen LogP contribution is 2.25. The van der Waals surface area contributed by atoms with Crippen LogP contribution in [0, 0.1) is 3.57 Å². The van der Waals surface area contributed by atoms with E-state index >= 15 is 0 Å². The molecular weight excluding hydrogens is 323 g/mol. The van der Waals surface area contributed by atoms with Gasteiger partial charge in [0.25, 0.3) is 0 Å². The van der Waals surface area contributed by atoms with Crippen molar-refractivity contribution in [2.45, 2.75) is 32.7 Å². The second kappa shape index (κ2) is 5.67. The van der Waals surface area contributed by atoms with Crippen LogP contribution in [0.15, 0.2) is 36.7 Å². The van der Waals surface area contributed by atoms with E-state index in [0.717, 1.165) is 18.7 Å². The van der Waals surface area contributed by atoms with Crippen LogP contribution in [0.3, 0.4) is 0 Å². The van der Waals surface area contributed by atoms with E-state index in [0.29, 0.717) is 6.04 Å². The topological polar surface area (TPSA) is 17.8 Å². The van der Waals surface area contributed by atoms with Gasteiger partial charge in [-0.1, -0.05) is 26.0 Å². The van der Waals surface area contributed by atoms with Crippen molar-refractivity contribution < 1.29 is 0 Å². The molecule has 0 atom stereocenters. The zero-order valence-electron chi connectivity index (χ0n) is 10.2. The van der Waals surface area contributed by atoms with Gasteiger partial charge >= 0.3 is 0 Å². The molecule has 90 valence electrons. The van der Waals surface area contributed by atoms with E-state index in [1.807, 2.05) is 6.20 Å². The van der Waals surface area contributed by atoms with Gasteiger partial charge in [0.2, 0.25) is 0 Å². The molecule has 2 rings (SSSR count). The average molecular weight is 340 g/mol. The van der Waals surface area contributed by atoms with Crippen LogP contribution < -0.4 is 0 Å². The van der Waals surface area contributed by atoms with Gasteiger partial charge in [-0.15, -0.1) is 0 Å². The Morgan fingerprint density at radius 2 is 1.82 bits per heavy atom. The third-order valence-corrected chi connectivity index (χ3v) is 3.83. The Morgan fingerprint density at radius 3 is 2.41 bits per heavy atom. The Kier molecular flexibility index (Phi) is 4.20. The van der Waals surface area contributed by atoms with Gasteiger partial charge in [0.1, 0.15) is 5.82 Å². The quantitative estimate of drug-likeness (QED) is 0.749. The third-order valence-electron chi connectivity index (χ3n) is 3.11. The molecule has 0 saturated carbocycles. The monoisotopic (exact) mass is 340 g/mol. The molecule has 0 N–H and O–H groups in total. The lowest BCUT2D eigenvalue weighted by Gasteiger charge is -2.17. The molecule has 0 unspecified atom stereocenters. The second-order valence-electron chi connectivity index (χ2n) is 4.14. The molecule has 3 heteroatoms. The summed E-state index contributed by atoms with van der Waals surface area (Å²) in [5, 5.41) is 0. The Bertz CT molecular complexity index is 469. The smallest absolute Gasteiger partial charge is 0.140 e.